The quantitative estimate of drug-likeness (QED) is 0.797. The van der Waals surface area contributed by atoms with Gasteiger partial charge in [-0.05, 0) is 49.4 Å². The molecule has 1 aliphatic heterocycles. The van der Waals surface area contributed by atoms with Crippen molar-refractivity contribution in [2.75, 3.05) is 44.8 Å². The summed E-state index contributed by atoms with van der Waals surface area (Å²) in [5.41, 5.74) is 3.97. The summed E-state index contributed by atoms with van der Waals surface area (Å²) in [7, 11) is 2.16. The van der Waals surface area contributed by atoms with E-state index in [1.807, 2.05) is 0 Å². The average Bonchev–Trinajstić information content (AvgIpc) is 2.86. The third-order valence-corrected chi connectivity index (χ3v) is 3.73. The van der Waals surface area contributed by atoms with Gasteiger partial charge in [-0.25, -0.2) is 0 Å². The number of aryl methyl sites for hydroxylation is 2. The van der Waals surface area contributed by atoms with Crippen molar-refractivity contribution >= 4 is 5.69 Å². The maximum Gasteiger partial charge on any atom is 0.0507 e. The largest absolute Gasteiger partial charge is 0.381 e. The van der Waals surface area contributed by atoms with Crippen molar-refractivity contribution < 1.29 is 4.74 Å². The van der Waals surface area contributed by atoms with E-state index in [1.54, 1.807) is 0 Å². The summed E-state index contributed by atoms with van der Waals surface area (Å²) < 4.78 is 5.38. The Kier molecular flexibility index (Phi) is 5.23. The number of nitrogens with zero attached hydrogens (tertiary/aromatic N) is 1. The van der Waals surface area contributed by atoms with E-state index in [9.17, 15) is 0 Å². The van der Waals surface area contributed by atoms with Crippen LogP contribution in [0.25, 0.3) is 0 Å². The van der Waals surface area contributed by atoms with Gasteiger partial charge >= 0.3 is 0 Å². The fourth-order valence-electron chi connectivity index (χ4n) is 2.60. The molecule has 0 aromatic heterocycles. The lowest BCUT2D eigenvalue weighted by Crippen LogP contribution is -2.32. The van der Waals surface area contributed by atoms with Crippen molar-refractivity contribution in [3.05, 3.63) is 29.3 Å². The predicted molar refractivity (Wildman–Crippen MR) is 81.0 cm³/mol. The minimum absolute atomic E-state index is 0.714. The molecule has 1 heterocycles. The molecule has 1 saturated heterocycles. The smallest absolute Gasteiger partial charge is 0.0507 e. The van der Waals surface area contributed by atoms with Crippen molar-refractivity contribution in [1.82, 2.24) is 5.32 Å². The molecule has 0 aliphatic carbocycles. The monoisotopic (exact) mass is 262 g/mol. The zero-order valence-electron chi connectivity index (χ0n) is 12.4. The second-order valence-electron chi connectivity index (χ2n) is 5.70. The van der Waals surface area contributed by atoms with Gasteiger partial charge in [-0.2, -0.15) is 0 Å². The maximum absolute atomic E-state index is 5.38. The van der Waals surface area contributed by atoms with Gasteiger partial charge in [-0.1, -0.05) is 6.07 Å². The molecule has 1 atom stereocenters. The zero-order valence-corrected chi connectivity index (χ0v) is 12.4. The van der Waals surface area contributed by atoms with Crippen LogP contribution >= 0.6 is 0 Å². The molecule has 19 heavy (non-hydrogen) atoms. The van der Waals surface area contributed by atoms with E-state index in [4.69, 9.17) is 4.74 Å². The van der Waals surface area contributed by atoms with E-state index in [-0.39, 0.29) is 0 Å². The van der Waals surface area contributed by atoms with Crippen molar-refractivity contribution in [3.8, 4) is 0 Å². The Morgan fingerprint density at radius 2 is 2.00 bits per heavy atom. The summed E-state index contributed by atoms with van der Waals surface area (Å²) in [4.78, 5) is 2.32. The third kappa shape index (κ3) is 4.51. The minimum Gasteiger partial charge on any atom is -0.381 e. The number of hydrogen-bond donors (Lipinski definition) is 1. The molecule has 0 bridgehead atoms. The average molecular weight is 262 g/mol. The van der Waals surface area contributed by atoms with Crippen LogP contribution in [0.2, 0.25) is 0 Å². The van der Waals surface area contributed by atoms with Crippen LogP contribution in [0, 0.1) is 19.8 Å². The summed E-state index contributed by atoms with van der Waals surface area (Å²) >= 11 is 0. The molecule has 3 nitrogen and oxygen atoms in total. The van der Waals surface area contributed by atoms with Gasteiger partial charge in [0.15, 0.2) is 0 Å². The van der Waals surface area contributed by atoms with Gasteiger partial charge in [0.25, 0.3) is 0 Å². The van der Waals surface area contributed by atoms with Crippen LogP contribution in [-0.4, -0.2) is 39.9 Å². The molecule has 1 aliphatic rings. The Hall–Kier alpha value is -1.06. The molecule has 0 amide bonds. The van der Waals surface area contributed by atoms with E-state index in [0.717, 1.165) is 32.8 Å². The van der Waals surface area contributed by atoms with Gasteiger partial charge in [0.05, 0.1) is 6.61 Å². The second kappa shape index (κ2) is 6.92. The lowest BCUT2D eigenvalue weighted by atomic mass is 10.1. The second-order valence-corrected chi connectivity index (χ2v) is 5.70. The highest BCUT2D eigenvalue weighted by Gasteiger charge is 2.14. The molecule has 3 heteroatoms. The summed E-state index contributed by atoms with van der Waals surface area (Å²) in [5, 5.41) is 3.54. The Morgan fingerprint density at radius 1 is 1.26 bits per heavy atom. The first-order valence-electron chi connectivity index (χ1n) is 7.23. The molecule has 1 aromatic rings. The van der Waals surface area contributed by atoms with Crippen molar-refractivity contribution in [1.29, 1.82) is 0 Å². The Balaban J connectivity index is 1.72. The van der Waals surface area contributed by atoms with Crippen LogP contribution < -0.4 is 10.2 Å². The van der Waals surface area contributed by atoms with Crippen molar-refractivity contribution in [3.63, 3.8) is 0 Å². The molecular formula is C16H26N2O. The highest BCUT2D eigenvalue weighted by Crippen LogP contribution is 2.17. The zero-order chi connectivity index (χ0) is 13.7. The molecule has 2 rings (SSSR count). The highest BCUT2D eigenvalue weighted by molar-refractivity contribution is 5.50. The molecule has 106 valence electrons. The Morgan fingerprint density at radius 3 is 2.63 bits per heavy atom. The van der Waals surface area contributed by atoms with E-state index >= 15 is 0 Å². The Bertz CT molecular complexity index is 379. The predicted octanol–water partition coefficient (Wildman–Crippen LogP) is 2.37. The third-order valence-electron chi connectivity index (χ3n) is 3.73. The first kappa shape index (κ1) is 14.4. The lowest BCUT2D eigenvalue weighted by Gasteiger charge is -2.21. The van der Waals surface area contributed by atoms with E-state index < -0.39 is 0 Å². The fraction of sp³-hybridized carbons (Fsp3) is 0.625. The van der Waals surface area contributed by atoms with Crippen LogP contribution in [0.1, 0.15) is 17.5 Å². The van der Waals surface area contributed by atoms with Crippen molar-refractivity contribution in [2.24, 2.45) is 5.92 Å². The number of likely N-dealkylation sites (N-methyl/N-ethyl adjacent to an activating group) is 1. The van der Waals surface area contributed by atoms with Gasteiger partial charge in [-0.3, -0.25) is 0 Å². The van der Waals surface area contributed by atoms with Crippen LogP contribution in [0.5, 0.6) is 0 Å². The van der Waals surface area contributed by atoms with Gasteiger partial charge in [0.2, 0.25) is 0 Å². The summed E-state index contributed by atoms with van der Waals surface area (Å²) in [6.07, 6.45) is 1.21. The SMILES string of the molecule is Cc1cc(C)cc(N(C)CCNCC2CCOC2)c1. The number of anilines is 1. The van der Waals surface area contributed by atoms with E-state index in [1.165, 1.54) is 23.2 Å². The minimum atomic E-state index is 0.714. The fourth-order valence-corrected chi connectivity index (χ4v) is 2.60. The standard InChI is InChI=1S/C16H26N2O/c1-13-8-14(2)10-16(9-13)18(3)6-5-17-11-15-4-7-19-12-15/h8-10,15,17H,4-7,11-12H2,1-3H3. The molecule has 0 spiro atoms. The number of ether oxygens (including phenoxy) is 1. The number of benzene rings is 1. The molecule has 1 unspecified atom stereocenters. The van der Waals surface area contributed by atoms with Gasteiger partial charge in [-0.15, -0.1) is 0 Å². The molecule has 1 aromatic carbocycles. The molecule has 0 saturated carbocycles. The Labute approximate surface area is 116 Å². The lowest BCUT2D eigenvalue weighted by molar-refractivity contribution is 0.185. The van der Waals surface area contributed by atoms with Gasteiger partial charge in [0, 0.05) is 39.0 Å². The first-order chi connectivity index (χ1) is 9.15. The number of nitrogens with one attached hydrogen (secondary N) is 1. The topological polar surface area (TPSA) is 24.5 Å². The number of rotatable bonds is 6. The van der Waals surface area contributed by atoms with Crippen LogP contribution in [0.4, 0.5) is 5.69 Å². The van der Waals surface area contributed by atoms with Crippen LogP contribution in [-0.2, 0) is 4.74 Å². The first-order valence-corrected chi connectivity index (χ1v) is 7.23. The molecule has 1 N–H and O–H groups in total. The molecular weight excluding hydrogens is 236 g/mol. The summed E-state index contributed by atoms with van der Waals surface area (Å²) in [6, 6.07) is 6.71. The van der Waals surface area contributed by atoms with Gasteiger partial charge in [0.1, 0.15) is 0 Å². The van der Waals surface area contributed by atoms with Crippen LogP contribution in [0.15, 0.2) is 18.2 Å². The van der Waals surface area contributed by atoms with Crippen molar-refractivity contribution in [2.45, 2.75) is 20.3 Å². The molecule has 0 radical (unpaired) electrons. The highest BCUT2D eigenvalue weighted by atomic mass is 16.5. The summed E-state index contributed by atoms with van der Waals surface area (Å²) in [6.45, 7) is 9.33. The molecule has 1 fully saturated rings. The van der Waals surface area contributed by atoms with E-state index in [2.05, 4.69) is 49.3 Å². The summed E-state index contributed by atoms with van der Waals surface area (Å²) in [5.74, 6) is 0.714. The van der Waals surface area contributed by atoms with Gasteiger partial charge < -0.3 is 15.0 Å². The van der Waals surface area contributed by atoms with Crippen LogP contribution in [0.3, 0.4) is 0 Å². The van der Waals surface area contributed by atoms with E-state index in [0.29, 0.717) is 5.92 Å². The maximum atomic E-state index is 5.38. The normalized spacial score (nSPS) is 18.8. The number of hydrogen-bond acceptors (Lipinski definition) is 3.